The van der Waals surface area contributed by atoms with Gasteiger partial charge in [0, 0.05) is 11.1 Å². The standard InChI is InChI=1S/C17H20ClNO2/c1-4-21-17-9-8-14(18)11-16(17)19-12(2)13-6-5-7-15(10-13)20-3/h5-12,19H,4H2,1-3H3. The van der Waals surface area contributed by atoms with Crippen LogP contribution in [0, 0.1) is 0 Å². The Bertz CT molecular complexity index is 601. The number of hydrogen-bond donors (Lipinski definition) is 1. The van der Waals surface area contributed by atoms with Crippen molar-refractivity contribution in [3.63, 3.8) is 0 Å². The Kier molecular flexibility index (Phi) is 5.34. The van der Waals surface area contributed by atoms with E-state index in [1.807, 2.05) is 43.3 Å². The van der Waals surface area contributed by atoms with Gasteiger partial charge in [-0.25, -0.2) is 0 Å². The van der Waals surface area contributed by atoms with Crippen LogP contribution in [0.3, 0.4) is 0 Å². The van der Waals surface area contributed by atoms with Crippen LogP contribution in [0.25, 0.3) is 0 Å². The molecule has 2 rings (SSSR count). The van der Waals surface area contributed by atoms with Gasteiger partial charge in [-0.15, -0.1) is 0 Å². The van der Waals surface area contributed by atoms with Crippen LogP contribution in [0.15, 0.2) is 42.5 Å². The Labute approximate surface area is 130 Å². The average Bonchev–Trinajstić information content (AvgIpc) is 2.50. The summed E-state index contributed by atoms with van der Waals surface area (Å²) in [6, 6.07) is 13.7. The van der Waals surface area contributed by atoms with E-state index >= 15 is 0 Å². The topological polar surface area (TPSA) is 30.5 Å². The molecule has 0 bridgehead atoms. The van der Waals surface area contributed by atoms with Gasteiger partial charge in [-0.2, -0.15) is 0 Å². The molecule has 4 heteroatoms. The van der Waals surface area contributed by atoms with Crippen LogP contribution in [-0.2, 0) is 0 Å². The molecular formula is C17H20ClNO2. The highest BCUT2D eigenvalue weighted by Crippen LogP contribution is 2.31. The second-order valence-electron chi connectivity index (χ2n) is 4.72. The fraction of sp³-hybridized carbons (Fsp3) is 0.294. The Balaban J connectivity index is 2.21. The number of hydrogen-bond acceptors (Lipinski definition) is 3. The maximum atomic E-state index is 6.08. The van der Waals surface area contributed by atoms with E-state index in [1.54, 1.807) is 7.11 Å². The molecule has 0 spiro atoms. The third-order valence-corrected chi connectivity index (χ3v) is 3.44. The van der Waals surface area contributed by atoms with Crippen molar-refractivity contribution in [2.24, 2.45) is 0 Å². The summed E-state index contributed by atoms with van der Waals surface area (Å²) >= 11 is 6.08. The van der Waals surface area contributed by atoms with Gasteiger partial charge in [0.1, 0.15) is 11.5 Å². The van der Waals surface area contributed by atoms with Crippen molar-refractivity contribution in [1.29, 1.82) is 0 Å². The predicted octanol–water partition coefficient (Wildman–Crippen LogP) is 4.92. The molecule has 0 saturated carbocycles. The molecule has 0 aliphatic rings. The van der Waals surface area contributed by atoms with Gasteiger partial charge in [0.2, 0.25) is 0 Å². The molecule has 0 amide bonds. The van der Waals surface area contributed by atoms with Crippen LogP contribution in [0.2, 0.25) is 5.02 Å². The minimum absolute atomic E-state index is 0.109. The Morgan fingerprint density at radius 2 is 2.00 bits per heavy atom. The van der Waals surface area contributed by atoms with Crippen LogP contribution in [0.5, 0.6) is 11.5 Å². The summed E-state index contributed by atoms with van der Waals surface area (Å²) in [5.41, 5.74) is 2.02. The first kappa shape index (κ1) is 15.5. The summed E-state index contributed by atoms with van der Waals surface area (Å²) in [5, 5.41) is 4.12. The minimum Gasteiger partial charge on any atom is -0.497 e. The Hall–Kier alpha value is -1.87. The molecule has 112 valence electrons. The number of nitrogens with one attached hydrogen (secondary N) is 1. The number of ether oxygens (including phenoxy) is 2. The van der Waals surface area contributed by atoms with Crippen molar-refractivity contribution in [3.05, 3.63) is 53.1 Å². The van der Waals surface area contributed by atoms with Gasteiger partial charge < -0.3 is 14.8 Å². The van der Waals surface area contributed by atoms with E-state index in [1.165, 1.54) is 0 Å². The summed E-state index contributed by atoms with van der Waals surface area (Å²) in [4.78, 5) is 0. The first-order valence-electron chi connectivity index (χ1n) is 6.97. The Morgan fingerprint density at radius 3 is 2.71 bits per heavy atom. The monoisotopic (exact) mass is 305 g/mol. The highest BCUT2D eigenvalue weighted by Gasteiger charge is 2.10. The number of anilines is 1. The maximum Gasteiger partial charge on any atom is 0.142 e. The lowest BCUT2D eigenvalue weighted by molar-refractivity contribution is 0.341. The van der Waals surface area contributed by atoms with Gasteiger partial charge >= 0.3 is 0 Å². The minimum atomic E-state index is 0.109. The van der Waals surface area contributed by atoms with E-state index in [0.29, 0.717) is 11.6 Å². The molecule has 0 heterocycles. The first-order chi connectivity index (χ1) is 10.1. The molecule has 0 aromatic heterocycles. The average molecular weight is 306 g/mol. The number of methoxy groups -OCH3 is 1. The molecule has 1 unspecified atom stereocenters. The molecule has 2 aromatic rings. The van der Waals surface area contributed by atoms with Crippen LogP contribution in [-0.4, -0.2) is 13.7 Å². The smallest absolute Gasteiger partial charge is 0.142 e. The zero-order chi connectivity index (χ0) is 15.2. The van der Waals surface area contributed by atoms with Crippen molar-refractivity contribution in [2.75, 3.05) is 19.0 Å². The van der Waals surface area contributed by atoms with Crippen molar-refractivity contribution in [2.45, 2.75) is 19.9 Å². The summed E-state index contributed by atoms with van der Waals surface area (Å²) in [6.45, 7) is 4.67. The van der Waals surface area contributed by atoms with E-state index < -0.39 is 0 Å². The van der Waals surface area contributed by atoms with E-state index in [0.717, 1.165) is 22.7 Å². The van der Waals surface area contributed by atoms with Gasteiger partial charge in [0.15, 0.2) is 0 Å². The number of benzene rings is 2. The summed E-state index contributed by atoms with van der Waals surface area (Å²) in [6.07, 6.45) is 0. The highest BCUT2D eigenvalue weighted by atomic mass is 35.5. The predicted molar refractivity (Wildman–Crippen MR) is 87.7 cm³/mol. The molecule has 1 atom stereocenters. The molecule has 0 aliphatic carbocycles. The van der Waals surface area contributed by atoms with Gasteiger partial charge in [-0.1, -0.05) is 23.7 Å². The SMILES string of the molecule is CCOc1ccc(Cl)cc1NC(C)c1cccc(OC)c1. The molecule has 0 aliphatic heterocycles. The second kappa shape index (κ2) is 7.23. The zero-order valence-electron chi connectivity index (χ0n) is 12.5. The largest absolute Gasteiger partial charge is 0.497 e. The first-order valence-corrected chi connectivity index (χ1v) is 7.34. The molecule has 2 aromatic carbocycles. The van der Waals surface area contributed by atoms with Crippen LogP contribution in [0.4, 0.5) is 5.69 Å². The zero-order valence-corrected chi connectivity index (χ0v) is 13.3. The number of halogens is 1. The van der Waals surface area contributed by atoms with Crippen LogP contribution < -0.4 is 14.8 Å². The van der Waals surface area contributed by atoms with E-state index in [4.69, 9.17) is 21.1 Å². The van der Waals surface area contributed by atoms with E-state index in [-0.39, 0.29) is 6.04 Å². The van der Waals surface area contributed by atoms with Crippen LogP contribution >= 0.6 is 11.6 Å². The fourth-order valence-corrected chi connectivity index (χ4v) is 2.30. The van der Waals surface area contributed by atoms with Gasteiger partial charge in [-0.3, -0.25) is 0 Å². The van der Waals surface area contributed by atoms with Gasteiger partial charge in [0.25, 0.3) is 0 Å². The molecule has 0 radical (unpaired) electrons. The lowest BCUT2D eigenvalue weighted by atomic mass is 10.1. The third-order valence-electron chi connectivity index (χ3n) is 3.21. The van der Waals surface area contributed by atoms with Crippen molar-refractivity contribution >= 4 is 17.3 Å². The molecule has 0 fully saturated rings. The lowest BCUT2D eigenvalue weighted by Crippen LogP contribution is -2.08. The van der Waals surface area contributed by atoms with Crippen LogP contribution in [0.1, 0.15) is 25.5 Å². The van der Waals surface area contributed by atoms with Crippen molar-refractivity contribution < 1.29 is 9.47 Å². The summed E-state index contributed by atoms with van der Waals surface area (Å²) in [7, 11) is 1.67. The second-order valence-corrected chi connectivity index (χ2v) is 5.15. The maximum absolute atomic E-state index is 6.08. The van der Waals surface area contributed by atoms with Crippen molar-refractivity contribution in [1.82, 2.24) is 0 Å². The summed E-state index contributed by atoms with van der Waals surface area (Å²) < 4.78 is 10.9. The lowest BCUT2D eigenvalue weighted by Gasteiger charge is -2.19. The Morgan fingerprint density at radius 1 is 1.19 bits per heavy atom. The van der Waals surface area contributed by atoms with E-state index in [9.17, 15) is 0 Å². The highest BCUT2D eigenvalue weighted by molar-refractivity contribution is 6.30. The molecular weight excluding hydrogens is 286 g/mol. The quantitative estimate of drug-likeness (QED) is 0.821. The van der Waals surface area contributed by atoms with Crippen molar-refractivity contribution in [3.8, 4) is 11.5 Å². The summed E-state index contributed by atoms with van der Waals surface area (Å²) in [5.74, 6) is 1.65. The molecule has 3 nitrogen and oxygen atoms in total. The third kappa shape index (κ3) is 4.05. The van der Waals surface area contributed by atoms with Gasteiger partial charge in [0.05, 0.1) is 19.4 Å². The normalized spacial score (nSPS) is 11.8. The van der Waals surface area contributed by atoms with E-state index in [2.05, 4.69) is 18.3 Å². The molecule has 0 saturated heterocycles. The molecule has 21 heavy (non-hydrogen) atoms. The number of rotatable bonds is 6. The fourth-order valence-electron chi connectivity index (χ4n) is 2.12. The van der Waals surface area contributed by atoms with Gasteiger partial charge in [-0.05, 0) is 49.7 Å². The molecule has 1 N–H and O–H groups in total.